The Hall–Kier alpha value is -2.59. The lowest BCUT2D eigenvalue weighted by atomic mass is 10.2. The van der Waals surface area contributed by atoms with Crippen LogP contribution in [0.25, 0.3) is 6.08 Å². The Morgan fingerprint density at radius 2 is 1.96 bits per heavy atom. The topological polar surface area (TPSA) is 110 Å². The number of imide groups is 1. The molecule has 1 saturated heterocycles. The lowest BCUT2D eigenvalue weighted by molar-refractivity contribution is -0.122. The van der Waals surface area contributed by atoms with Crippen molar-refractivity contribution in [1.82, 2.24) is 19.9 Å². The molecule has 0 saturated carbocycles. The van der Waals surface area contributed by atoms with Crippen LogP contribution >= 0.6 is 11.8 Å². The number of carbonyl (C=O) groups excluding carboxylic acids is 2. The van der Waals surface area contributed by atoms with Crippen molar-refractivity contribution in [1.29, 1.82) is 0 Å². The summed E-state index contributed by atoms with van der Waals surface area (Å²) in [7, 11) is -3.56. The van der Waals surface area contributed by atoms with E-state index in [4.69, 9.17) is 0 Å². The van der Waals surface area contributed by atoms with Crippen molar-refractivity contribution < 1.29 is 18.0 Å². The summed E-state index contributed by atoms with van der Waals surface area (Å²) in [6.07, 6.45) is 5.79. The second-order valence-electron chi connectivity index (χ2n) is 5.44. The molecule has 0 aromatic carbocycles. The van der Waals surface area contributed by atoms with Gasteiger partial charge in [-0.15, -0.1) is 0 Å². The number of amides is 2. The number of thioether (sulfide) groups is 1. The number of sulfone groups is 1. The molecule has 1 aliphatic rings. The van der Waals surface area contributed by atoms with Crippen LogP contribution in [0.3, 0.4) is 0 Å². The third-order valence-electron chi connectivity index (χ3n) is 3.46. The monoisotopic (exact) mass is 390 g/mol. The standard InChI is InChI=1S/C16H14N4O4S2/c1-26(23,24)15-18-8-5-12(19-15)10-13-14(21)20(16(22)25-13)9-6-11-4-2-3-7-17-11/h2-5,7-8,10H,6,9H2,1H3. The molecule has 0 radical (unpaired) electrons. The van der Waals surface area contributed by atoms with Crippen LogP contribution < -0.4 is 0 Å². The number of hydrogen-bond acceptors (Lipinski definition) is 8. The molecule has 0 spiro atoms. The third kappa shape index (κ3) is 4.14. The SMILES string of the molecule is CS(=O)(=O)c1nccc(C=C2SC(=O)N(CCc3ccccn3)C2=O)n1. The molecule has 26 heavy (non-hydrogen) atoms. The van der Waals surface area contributed by atoms with E-state index in [1.807, 2.05) is 12.1 Å². The van der Waals surface area contributed by atoms with Crippen molar-refractivity contribution in [3.05, 3.63) is 53.0 Å². The predicted molar refractivity (Wildman–Crippen MR) is 95.8 cm³/mol. The summed E-state index contributed by atoms with van der Waals surface area (Å²) in [5.74, 6) is -0.435. The van der Waals surface area contributed by atoms with E-state index in [1.165, 1.54) is 18.3 Å². The second kappa shape index (κ2) is 7.34. The quantitative estimate of drug-likeness (QED) is 0.559. The van der Waals surface area contributed by atoms with Gasteiger partial charge in [0.1, 0.15) is 0 Å². The normalized spacial score (nSPS) is 16.5. The molecule has 0 N–H and O–H groups in total. The van der Waals surface area contributed by atoms with Gasteiger partial charge < -0.3 is 0 Å². The molecular weight excluding hydrogens is 376 g/mol. The molecule has 0 atom stereocenters. The molecule has 3 rings (SSSR count). The largest absolute Gasteiger partial charge is 0.293 e. The van der Waals surface area contributed by atoms with Crippen molar-refractivity contribution in [2.75, 3.05) is 12.8 Å². The maximum atomic E-state index is 12.5. The summed E-state index contributed by atoms with van der Waals surface area (Å²) in [6, 6.07) is 6.92. The predicted octanol–water partition coefficient (Wildman–Crippen LogP) is 1.55. The maximum Gasteiger partial charge on any atom is 0.293 e. The lowest BCUT2D eigenvalue weighted by Crippen LogP contribution is -2.30. The van der Waals surface area contributed by atoms with E-state index in [1.54, 1.807) is 12.3 Å². The summed E-state index contributed by atoms with van der Waals surface area (Å²) in [6.45, 7) is 0.220. The summed E-state index contributed by atoms with van der Waals surface area (Å²) in [5, 5.41) is -0.713. The van der Waals surface area contributed by atoms with Crippen LogP contribution in [0.4, 0.5) is 4.79 Å². The lowest BCUT2D eigenvalue weighted by Gasteiger charge is -2.11. The van der Waals surface area contributed by atoms with Gasteiger partial charge in [0.05, 0.1) is 10.6 Å². The fourth-order valence-electron chi connectivity index (χ4n) is 2.21. The van der Waals surface area contributed by atoms with E-state index >= 15 is 0 Å². The molecule has 134 valence electrons. The number of hydrogen-bond donors (Lipinski definition) is 0. The van der Waals surface area contributed by atoms with Crippen LogP contribution in [0.1, 0.15) is 11.4 Å². The van der Waals surface area contributed by atoms with Crippen molar-refractivity contribution >= 4 is 38.8 Å². The van der Waals surface area contributed by atoms with Gasteiger partial charge in [0.15, 0.2) is 0 Å². The number of aromatic nitrogens is 3. The van der Waals surface area contributed by atoms with E-state index < -0.39 is 15.7 Å². The van der Waals surface area contributed by atoms with Gasteiger partial charge in [-0.25, -0.2) is 18.4 Å². The Morgan fingerprint density at radius 3 is 2.65 bits per heavy atom. The van der Waals surface area contributed by atoms with Gasteiger partial charge in [-0.05, 0) is 36.0 Å². The van der Waals surface area contributed by atoms with Crippen LogP contribution in [-0.2, 0) is 21.1 Å². The maximum absolute atomic E-state index is 12.5. The van der Waals surface area contributed by atoms with Gasteiger partial charge >= 0.3 is 0 Å². The first-order valence-electron chi connectivity index (χ1n) is 7.53. The van der Waals surface area contributed by atoms with E-state index in [0.29, 0.717) is 6.42 Å². The average molecular weight is 390 g/mol. The summed E-state index contributed by atoms with van der Waals surface area (Å²) < 4.78 is 23.0. The number of carbonyl (C=O) groups is 2. The molecule has 0 aliphatic carbocycles. The van der Waals surface area contributed by atoms with Gasteiger partial charge in [-0.2, -0.15) is 0 Å². The Kier molecular flexibility index (Phi) is 5.14. The second-order valence-corrected chi connectivity index (χ2v) is 8.34. The number of pyridine rings is 1. The summed E-state index contributed by atoms with van der Waals surface area (Å²) >= 11 is 0.793. The number of nitrogens with zero attached hydrogens (tertiary/aromatic N) is 4. The van der Waals surface area contributed by atoms with Gasteiger partial charge in [0.25, 0.3) is 11.1 Å². The fourth-order valence-corrected chi connectivity index (χ4v) is 3.59. The summed E-state index contributed by atoms with van der Waals surface area (Å²) in [5.41, 5.74) is 1.03. The zero-order chi connectivity index (χ0) is 18.7. The first kappa shape index (κ1) is 18.2. The minimum absolute atomic E-state index is 0.189. The highest BCUT2D eigenvalue weighted by atomic mass is 32.2. The average Bonchev–Trinajstić information content (AvgIpc) is 2.87. The molecule has 10 heteroatoms. The highest BCUT2D eigenvalue weighted by Gasteiger charge is 2.34. The molecular formula is C16H14N4O4S2. The molecule has 2 aromatic rings. The van der Waals surface area contributed by atoms with Gasteiger partial charge in [0, 0.05) is 37.3 Å². The first-order valence-corrected chi connectivity index (χ1v) is 10.2. The first-order chi connectivity index (χ1) is 12.3. The highest BCUT2D eigenvalue weighted by molar-refractivity contribution is 8.18. The van der Waals surface area contributed by atoms with Crippen molar-refractivity contribution in [2.45, 2.75) is 11.6 Å². The van der Waals surface area contributed by atoms with Crippen LogP contribution in [0.2, 0.25) is 0 Å². The Balaban J connectivity index is 1.77. The molecule has 3 heterocycles. The minimum atomic E-state index is -3.56. The third-order valence-corrected chi connectivity index (χ3v) is 5.22. The molecule has 1 fully saturated rings. The van der Waals surface area contributed by atoms with Crippen molar-refractivity contribution in [3.8, 4) is 0 Å². The van der Waals surface area contributed by atoms with Crippen LogP contribution in [-0.4, -0.2) is 52.2 Å². The molecule has 2 aromatic heterocycles. The van der Waals surface area contributed by atoms with Crippen molar-refractivity contribution in [3.63, 3.8) is 0 Å². The molecule has 1 aliphatic heterocycles. The summed E-state index contributed by atoms with van der Waals surface area (Å²) in [4.78, 5) is 37.7. The minimum Gasteiger partial charge on any atom is -0.268 e. The van der Waals surface area contributed by atoms with E-state index in [-0.39, 0.29) is 27.5 Å². The zero-order valence-electron chi connectivity index (χ0n) is 13.7. The van der Waals surface area contributed by atoms with Crippen LogP contribution in [0.15, 0.2) is 46.7 Å². The highest BCUT2D eigenvalue weighted by Crippen LogP contribution is 2.32. The Bertz CT molecular complexity index is 990. The smallest absolute Gasteiger partial charge is 0.268 e. The van der Waals surface area contributed by atoms with Gasteiger partial charge in [-0.3, -0.25) is 19.5 Å². The van der Waals surface area contributed by atoms with Crippen LogP contribution in [0, 0.1) is 0 Å². The molecule has 0 unspecified atom stereocenters. The van der Waals surface area contributed by atoms with E-state index in [9.17, 15) is 18.0 Å². The van der Waals surface area contributed by atoms with Crippen molar-refractivity contribution in [2.24, 2.45) is 0 Å². The van der Waals surface area contributed by atoms with E-state index in [0.717, 1.165) is 28.6 Å². The molecule has 8 nitrogen and oxygen atoms in total. The Morgan fingerprint density at radius 1 is 1.15 bits per heavy atom. The Labute approximate surface area is 154 Å². The van der Waals surface area contributed by atoms with Gasteiger partial charge in [-0.1, -0.05) is 6.07 Å². The molecule has 2 amide bonds. The fraction of sp³-hybridized carbons (Fsp3) is 0.188. The molecule has 0 bridgehead atoms. The van der Waals surface area contributed by atoms with E-state index in [2.05, 4.69) is 15.0 Å². The van der Waals surface area contributed by atoms with Gasteiger partial charge in [0.2, 0.25) is 15.0 Å². The number of rotatable bonds is 5. The zero-order valence-corrected chi connectivity index (χ0v) is 15.3. The van der Waals surface area contributed by atoms with Crippen LogP contribution in [0.5, 0.6) is 0 Å².